The van der Waals surface area contributed by atoms with Crippen LogP contribution in [0.1, 0.15) is 18.9 Å². The van der Waals surface area contributed by atoms with E-state index in [4.69, 9.17) is 4.74 Å². The number of hydrogen-bond acceptors (Lipinski definition) is 3. The Balaban J connectivity index is 1.95. The van der Waals surface area contributed by atoms with Crippen molar-refractivity contribution in [2.24, 2.45) is 0 Å². The lowest BCUT2D eigenvalue weighted by molar-refractivity contribution is -0.121. The van der Waals surface area contributed by atoms with Gasteiger partial charge in [-0.15, -0.1) is 0 Å². The number of nitrogens with zero attached hydrogens (tertiary/aromatic N) is 1. The van der Waals surface area contributed by atoms with Gasteiger partial charge in [-0.2, -0.15) is 0 Å². The third kappa shape index (κ3) is 5.02. The molecule has 26 heavy (non-hydrogen) atoms. The van der Waals surface area contributed by atoms with Gasteiger partial charge < -0.3 is 15.0 Å². The predicted molar refractivity (Wildman–Crippen MR) is 93.8 cm³/mol. The number of benzene rings is 2. The van der Waals surface area contributed by atoms with Crippen molar-refractivity contribution in [1.29, 1.82) is 0 Å². The summed E-state index contributed by atoms with van der Waals surface area (Å²) in [5, 5.41) is 2.75. The highest BCUT2D eigenvalue weighted by atomic mass is 19.2. The number of para-hydroxylation sites is 1. The molecule has 0 bridgehead atoms. The normalized spacial score (nSPS) is 10.3. The van der Waals surface area contributed by atoms with Crippen molar-refractivity contribution in [1.82, 2.24) is 5.32 Å². The van der Waals surface area contributed by atoms with Gasteiger partial charge in [-0.25, -0.2) is 8.78 Å². The van der Waals surface area contributed by atoms with E-state index in [1.54, 1.807) is 13.2 Å². The van der Waals surface area contributed by atoms with Crippen molar-refractivity contribution < 1.29 is 23.1 Å². The third-order valence-electron chi connectivity index (χ3n) is 3.83. The topological polar surface area (TPSA) is 58.6 Å². The molecule has 0 spiro atoms. The molecule has 0 aliphatic carbocycles. The monoisotopic (exact) mass is 362 g/mol. The van der Waals surface area contributed by atoms with Gasteiger partial charge in [0.2, 0.25) is 11.8 Å². The van der Waals surface area contributed by atoms with Crippen LogP contribution in [0, 0.1) is 11.6 Å². The van der Waals surface area contributed by atoms with Gasteiger partial charge in [0.25, 0.3) is 0 Å². The van der Waals surface area contributed by atoms with Gasteiger partial charge in [-0.05, 0) is 18.2 Å². The van der Waals surface area contributed by atoms with Crippen molar-refractivity contribution in [2.45, 2.75) is 19.9 Å². The number of halogens is 2. The van der Waals surface area contributed by atoms with E-state index in [1.807, 2.05) is 18.2 Å². The minimum Gasteiger partial charge on any atom is -0.496 e. The molecule has 2 aromatic rings. The zero-order chi connectivity index (χ0) is 19.1. The van der Waals surface area contributed by atoms with Gasteiger partial charge >= 0.3 is 0 Å². The second-order valence-corrected chi connectivity index (χ2v) is 5.61. The molecule has 0 aliphatic rings. The Morgan fingerprint density at radius 1 is 1.12 bits per heavy atom. The summed E-state index contributed by atoms with van der Waals surface area (Å²) in [4.78, 5) is 25.1. The van der Waals surface area contributed by atoms with E-state index in [1.165, 1.54) is 17.9 Å². The van der Waals surface area contributed by atoms with Gasteiger partial charge in [0.05, 0.1) is 7.11 Å². The summed E-state index contributed by atoms with van der Waals surface area (Å²) in [6.07, 6.45) is 0.0216. The molecule has 0 fully saturated rings. The van der Waals surface area contributed by atoms with Crippen LogP contribution in [0.5, 0.6) is 5.75 Å². The summed E-state index contributed by atoms with van der Waals surface area (Å²) in [6.45, 7) is 1.64. The van der Waals surface area contributed by atoms with Crippen molar-refractivity contribution in [2.75, 3.05) is 18.6 Å². The zero-order valence-corrected chi connectivity index (χ0v) is 14.6. The quantitative estimate of drug-likeness (QED) is 0.824. The van der Waals surface area contributed by atoms with Crippen LogP contribution in [0.25, 0.3) is 0 Å². The van der Waals surface area contributed by atoms with Crippen LogP contribution in [-0.2, 0) is 16.1 Å². The van der Waals surface area contributed by atoms with E-state index in [-0.39, 0.29) is 37.0 Å². The molecule has 1 N–H and O–H groups in total. The standard InChI is InChI=1S/C19H20F2N2O3/c1-13(24)23(15-7-8-16(20)17(21)11-15)10-9-19(25)22-12-14-5-3-4-6-18(14)26-2/h3-8,11H,9-10,12H2,1-2H3,(H,22,25). The van der Waals surface area contributed by atoms with E-state index in [0.717, 1.165) is 17.7 Å². The fraction of sp³-hybridized carbons (Fsp3) is 0.263. The number of amides is 2. The Bertz CT molecular complexity index is 796. The summed E-state index contributed by atoms with van der Waals surface area (Å²) in [7, 11) is 1.55. The molecule has 2 aromatic carbocycles. The number of ether oxygens (including phenoxy) is 1. The summed E-state index contributed by atoms with van der Waals surface area (Å²) < 4.78 is 31.6. The van der Waals surface area contributed by atoms with Crippen LogP contribution in [0.15, 0.2) is 42.5 Å². The maximum absolute atomic E-state index is 13.4. The Morgan fingerprint density at radius 2 is 1.85 bits per heavy atom. The zero-order valence-electron chi connectivity index (χ0n) is 14.6. The second kappa shape index (κ2) is 8.94. The van der Waals surface area contributed by atoms with Gasteiger partial charge in [0.15, 0.2) is 11.6 Å². The first-order valence-electron chi connectivity index (χ1n) is 8.04. The minimum atomic E-state index is -1.05. The molecule has 0 aliphatic heterocycles. The van der Waals surface area contributed by atoms with Crippen molar-refractivity contribution in [3.8, 4) is 5.75 Å². The van der Waals surface area contributed by atoms with Crippen LogP contribution in [0.4, 0.5) is 14.5 Å². The maximum atomic E-state index is 13.4. The van der Waals surface area contributed by atoms with Crippen LogP contribution in [0.3, 0.4) is 0 Å². The number of carbonyl (C=O) groups is 2. The molecule has 0 saturated heterocycles. The van der Waals surface area contributed by atoms with E-state index in [9.17, 15) is 18.4 Å². The summed E-state index contributed by atoms with van der Waals surface area (Å²) in [6, 6.07) is 10.5. The molecule has 0 unspecified atom stereocenters. The van der Waals surface area contributed by atoms with E-state index >= 15 is 0 Å². The highest BCUT2D eigenvalue weighted by Gasteiger charge is 2.15. The van der Waals surface area contributed by atoms with Crippen molar-refractivity contribution in [3.63, 3.8) is 0 Å². The number of hydrogen-bond donors (Lipinski definition) is 1. The van der Waals surface area contributed by atoms with Gasteiger partial charge in [-0.1, -0.05) is 18.2 Å². The number of methoxy groups -OCH3 is 1. The Kier molecular flexibility index (Phi) is 6.66. The van der Waals surface area contributed by atoms with E-state index in [2.05, 4.69) is 5.32 Å². The summed E-state index contributed by atoms with van der Waals surface area (Å²) in [5.74, 6) is -2.01. The molecule has 0 saturated carbocycles. The number of rotatable bonds is 7. The highest BCUT2D eigenvalue weighted by molar-refractivity contribution is 5.92. The average molecular weight is 362 g/mol. The number of carbonyl (C=O) groups excluding carboxylic acids is 2. The fourth-order valence-corrected chi connectivity index (χ4v) is 2.47. The predicted octanol–water partition coefficient (Wildman–Crippen LogP) is 3.03. The van der Waals surface area contributed by atoms with Crippen LogP contribution < -0.4 is 15.0 Å². The molecule has 2 amide bonds. The molecule has 0 aromatic heterocycles. The molecule has 0 atom stereocenters. The van der Waals surface area contributed by atoms with Crippen LogP contribution >= 0.6 is 0 Å². The lowest BCUT2D eigenvalue weighted by atomic mass is 10.2. The van der Waals surface area contributed by atoms with E-state index in [0.29, 0.717) is 5.75 Å². The highest BCUT2D eigenvalue weighted by Crippen LogP contribution is 2.19. The molecule has 0 heterocycles. The van der Waals surface area contributed by atoms with Gasteiger partial charge in [-0.3, -0.25) is 9.59 Å². The Hall–Kier alpha value is -2.96. The largest absolute Gasteiger partial charge is 0.496 e. The fourth-order valence-electron chi connectivity index (χ4n) is 2.47. The van der Waals surface area contributed by atoms with Gasteiger partial charge in [0, 0.05) is 43.8 Å². The van der Waals surface area contributed by atoms with Crippen LogP contribution in [0.2, 0.25) is 0 Å². The lowest BCUT2D eigenvalue weighted by Crippen LogP contribution is -2.33. The second-order valence-electron chi connectivity index (χ2n) is 5.61. The molecule has 7 heteroatoms. The van der Waals surface area contributed by atoms with Gasteiger partial charge in [0.1, 0.15) is 5.75 Å². The molecular weight excluding hydrogens is 342 g/mol. The SMILES string of the molecule is COc1ccccc1CNC(=O)CCN(C(C)=O)c1ccc(F)c(F)c1. The molecule has 5 nitrogen and oxygen atoms in total. The average Bonchev–Trinajstić information content (AvgIpc) is 2.63. The number of nitrogens with one attached hydrogen (secondary N) is 1. The molecule has 2 rings (SSSR count). The lowest BCUT2D eigenvalue weighted by Gasteiger charge is -2.21. The number of anilines is 1. The summed E-state index contributed by atoms with van der Waals surface area (Å²) in [5.41, 5.74) is 1.03. The first-order chi connectivity index (χ1) is 12.4. The molecule has 0 radical (unpaired) electrons. The van der Waals surface area contributed by atoms with Crippen molar-refractivity contribution in [3.05, 3.63) is 59.7 Å². The van der Waals surface area contributed by atoms with Crippen molar-refractivity contribution >= 4 is 17.5 Å². The Morgan fingerprint density at radius 3 is 2.50 bits per heavy atom. The molecule has 138 valence electrons. The first kappa shape index (κ1) is 19.4. The minimum absolute atomic E-state index is 0.0216. The Labute approximate surface area is 150 Å². The third-order valence-corrected chi connectivity index (χ3v) is 3.83. The summed E-state index contributed by atoms with van der Waals surface area (Å²) >= 11 is 0. The van der Waals surface area contributed by atoms with E-state index < -0.39 is 11.6 Å². The van der Waals surface area contributed by atoms with Crippen LogP contribution in [-0.4, -0.2) is 25.5 Å². The molecular formula is C19H20F2N2O3. The first-order valence-corrected chi connectivity index (χ1v) is 8.04. The maximum Gasteiger partial charge on any atom is 0.223 e. The smallest absolute Gasteiger partial charge is 0.223 e.